The maximum absolute atomic E-state index is 5.97. The lowest BCUT2D eigenvalue weighted by Crippen LogP contribution is -2.53. The number of nitrogen functional groups attached to an aromatic ring is 1. The third-order valence-electron chi connectivity index (χ3n) is 4.78. The summed E-state index contributed by atoms with van der Waals surface area (Å²) in [4.78, 5) is 13.0. The summed E-state index contributed by atoms with van der Waals surface area (Å²) in [6.07, 6.45) is 2.27. The van der Waals surface area contributed by atoms with E-state index in [2.05, 4.69) is 33.5 Å². The summed E-state index contributed by atoms with van der Waals surface area (Å²) >= 11 is 1.60. The SMILES string of the molecule is CC(C)N1CCOC(CN2CCN(Cc3cnc(N)s3)CC2)C1. The zero-order valence-electron chi connectivity index (χ0n) is 14.3. The van der Waals surface area contributed by atoms with Gasteiger partial charge in [0.1, 0.15) is 0 Å². The van der Waals surface area contributed by atoms with Crippen molar-refractivity contribution in [2.45, 2.75) is 32.5 Å². The van der Waals surface area contributed by atoms with Crippen molar-refractivity contribution < 1.29 is 4.74 Å². The number of ether oxygens (including phenoxy) is 1. The van der Waals surface area contributed by atoms with E-state index in [4.69, 9.17) is 10.5 Å². The fourth-order valence-electron chi connectivity index (χ4n) is 3.36. The predicted molar refractivity (Wildman–Crippen MR) is 94.7 cm³/mol. The second-order valence-electron chi connectivity index (χ2n) is 6.82. The van der Waals surface area contributed by atoms with Crippen molar-refractivity contribution in [1.82, 2.24) is 19.7 Å². The summed E-state index contributed by atoms with van der Waals surface area (Å²) in [6.45, 7) is 14.0. The van der Waals surface area contributed by atoms with Gasteiger partial charge in [-0.05, 0) is 13.8 Å². The Morgan fingerprint density at radius 1 is 1.26 bits per heavy atom. The number of morpholine rings is 1. The van der Waals surface area contributed by atoms with E-state index >= 15 is 0 Å². The molecule has 1 unspecified atom stereocenters. The van der Waals surface area contributed by atoms with Crippen LogP contribution < -0.4 is 5.73 Å². The molecule has 3 rings (SSSR count). The summed E-state index contributed by atoms with van der Waals surface area (Å²) in [5, 5.41) is 0.669. The molecule has 0 saturated carbocycles. The molecule has 0 radical (unpaired) electrons. The van der Waals surface area contributed by atoms with Crippen LogP contribution in [0.15, 0.2) is 6.20 Å². The first-order valence-electron chi connectivity index (χ1n) is 8.60. The van der Waals surface area contributed by atoms with Gasteiger partial charge >= 0.3 is 0 Å². The molecule has 23 heavy (non-hydrogen) atoms. The van der Waals surface area contributed by atoms with E-state index in [-0.39, 0.29) is 0 Å². The molecule has 1 atom stereocenters. The molecule has 2 saturated heterocycles. The number of nitrogens with two attached hydrogens (primary N) is 1. The molecule has 3 heterocycles. The van der Waals surface area contributed by atoms with Crippen LogP contribution in [0.25, 0.3) is 0 Å². The summed E-state index contributed by atoms with van der Waals surface area (Å²) in [6, 6.07) is 0.616. The number of aromatic nitrogens is 1. The normalized spacial score (nSPS) is 25.3. The zero-order valence-corrected chi connectivity index (χ0v) is 15.1. The van der Waals surface area contributed by atoms with Gasteiger partial charge in [0.25, 0.3) is 0 Å². The van der Waals surface area contributed by atoms with Gasteiger partial charge in [0, 0.05) is 69.5 Å². The quantitative estimate of drug-likeness (QED) is 0.862. The Bertz CT molecular complexity index is 487. The second kappa shape index (κ2) is 7.90. The van der Waals surface area contributed by atoms with E-state index in [1.807, 2.05) is 6.20 Å². The van der Waals surface area contributed by atoms with Gasteiger partial charge in [-0.2, -0.15) is 0 Å². The van der Waals surface area contributed by atoms with E-state index in [9.17, 15) is 0 Å². The van der Waals surface area contributed by atoms with Crippen molar-refractivity contribution in [3.05, 3.63) is 11.1 Å². The Morgan fingerprint density at radius 2 is 2.00 bits per heavy atom. The number of piperazine rings is 1. The number of hydrogen-bond donors (Lipinski definition) is 1. The average Bonchev–Trinajstić information content (AvgIpc) is 2.94. The Hall–Kier alpha value is -0.730. The summed E-state index contributed by atoms with van der Waals surface area (Å²) in [5.74, 6) is 0. The van der Waals surface area contributed by atoms with Crippen LogP contribution in [0.3, 0.4) is 0 Å². The summed E-state index contributed by atoms with van der Waals surface area (Å²) in [7, 11) is 0. The lowest BCUT2D eigenvalue weighted by molar-refractivity contribution is -0.0565. The van der Waals surface area contributed by atoms with Crippen molar-refractivity contribution in [3.63, 3.8) is 0 Å². The average molecular weight is 340 g/mol. The maximum atomic E-state index is 5.97. The minimum Gasteiger partial charge on any atom is -0.375 e. The van der Waals surface area contributed by atoms with Gasteiger partial charge in [-0.1, -0.05) is 0 Å². The molecule has 2 aliphatic heterocycles. The highest BCUT2D eigenvalue weighted by molar-refractivity contribution is 7.15. The van der Waals surface area contributed by atoms with Crippen molar-refractivity contribution in [1.29, 1.82) is 0 Å². The topological polar surface area (TPSA) is 57.9 Å². The van der Waals surface area contributed by atoms with Gasteiger partial charge in [-0.25, -0.2) is 4.98 Å². The molecular weight excluding hydrogens is 310 g/mol. The van der Waals surface area contributed by atoms with Gasteiger partial charge in [0.05, 0.1) is 12.7 Å². The summed E-state index contributed by atoms with van der Waals surface area (Å²) in [5.41, 5.74) is 5.71. The number of hydrogen-bond acceptors (Lipinski definition) is 7. The van der Waals surface area contributed by atoms with Crippen LogP contribution in [0, 0.1) is 0 Å². The van der Waals surface area contributed by atoms with Gasteiger partial charge in [-0.15, -0.1) is 11.3 Å². The lowest BCUT2D eigenvalue weighted by atomic mass is 10.2. The number of rotatable bonds is 5. The fourth-order valence-corrected chi connectivity index (χ4v) is 4.08. The van der Waals surface area contributed by atoms with Gasteiger partial charge in [-0.3, -0.25) is 14.7 Å². The number of thiazole rings is 1. The lowest BCUT2D eigenvalue weighted by Gasteiger charge is -2.40. The van der Waals surface area contributed by atoms with E-state index in [0.29, 0.717) is 17.3 Å². The highest BCUT2D eigenvalue weighted by Gasteiger charge is 2.26. The smallest absolute Gasteiger partial charge is 0.180 e. The Labute approximate surface area is 143 Å². The van der Waals surface area contributed by atoms with Gasteiger partial charge in [0.15, 0.2) is 5.13 Å². The standard InChI is InChI=1S/C16H29N5OS/c1-13(2)21-7-8-22-14(11-21)10-19-3-5-20(6-4-19)12-15-9-18-16(17)23-15/h9,13-14H,3-8,10-12H2,1-2H3,(H2,17,18). The van der Waals surface area contributed by atoms with Crippen molar-refractivity contribution in [3.8, 4) is 0 Å². The second-order valence-corrected chi connectivity index (χ2v) is 7.97. The van der Waals surface area contributed by atoms with Crippen LogP contribution >= 0.6 is 11.3 Å². The minimum absolute atomic E-state index is 0.360. The molecule has 0 aliphatic carbocycles. The highest BCUT2D eigenvalue weighted by atomic mass is 32.1. The van der Waals surface area contributed by atoms with Crippen LogP contribution in [0.1, 0.15) is 18.7 Å². The van der Waals surface area contributed by atoms with Crippen LogP contribution in [-0.2, 0) is 11.3 Å². The van der Waals surface area contributed by atoms with E-state index < -0.39 is 0 Å². The number of anilines is 1. The van der Waals surface area contributed by atoms with E-state index in [1.165, 1.54) is 4.88 Å². The molecule has 1 aromatic heterocycles. The molecule has 1 aromatic rings. The summed E-state index contributed by atoms with van der Waals surface area (Å²) < 4.78 is 5.97. The minimum atomic E-state index is 0.360. The van der Waals surface area contributed by atoms with Crippen LogP contribution in [0.5, 0.6) is 0 Å². The number of nitrogens with zero attached hydrogens (tertiary/aromatic N) is 4. The Morgan fingerprint density at radius 3 is 2.65 bits per heavy atom. The molecule has 0 spiro atoms. The molecule has 2 aliphatic rings. The first kappa shape index (κ1) is 17.1. The molecule has 0 aromatic carbocycles. The first-order chi connectivity index (χ1) is 11.1. The van der Waals surface area contributed by atoms with Crippen LogP contribution in [-0.4, -0.2) is 84.2 Å². The van der Waals surface area contributed by atoms with Crippen LogP contribution in [0.2, 0.25) is 0 Å². The first-order valence-corrected chi connectivity index (χ1v) is 9.42. The zero-order chi connectivity index (χ0) is 16.2. The predicted octanol–water partition coefficient (Wildman–Crippen LogP) is 0.952. The van der Waals surface area contributed by atoms with Crippen molar-refractivity contribution in [2.24, 2.45) is 0 Å². The molecule has 0 amide bonds. The van der Waals surface area contributed by atoms with E-state index in [1.54, 1.807) is 11.3 Å². The molecule has 2 N–H and O–H groups in total. The molecule has 7 heteroatoms. The molecule has 6 nitrogen and oxygen atoms in total. The van der Waals surface area contributed by atoms with Crippen LogP contribution in [0.4, 0.5) is 5.13 Å². The third kappa shape index (κ3) is 4.87. The highest BCUT2D eigenvalue weighted by Crippen LogP contribution is 2.18. The van der Waals surface area contributed by atoms with Gasteiger partial charge < -0.3 is 10.5 Å². The van der Waals surface area contributed by atoms with E-state index in [0.717, 1.165) is 59.0 Å². The Balaban J connectivity index is 1.40. The third-order valence-corrected chi connectivity index (χ3v) is 5.59. The maximum Gasteiger partial charge on any atom is 0.180 e. The van der Waals surface area contributed by atoms with Crippen molar-refractivity contribution in [2.75, 3.05) is 58.2 Å². The van der Waals surface area contributed by atoms with Gasteiger partial charge in [0.2, 0.25) is 0 Å². The molecule has 130 valence electrons. The molecular formula is C16H29N5OS. The largest absolute Gasteiger partial charge is 0.375 e. The van der Waals surface area contributed by atoms with Crippen molar-refractivity contribution >= 4 is 16.5 Å². The fraction of sp³-hybridized carbons (Fsp3) is 0.812. The Kier molecular flexibility index (Phi) is 5.87. The molecule has 2 fully saturated rings. The molecule has 0 bridgehead atoms. The monoisotopic (exact) mass is 339 g/mol.